The molecule has 0 radical (unpaired) electrons. The van der Waals surface area contributed by atoms with Crippen molar-refractivity contribution < 1.29 is 14.7 Å². The number of carboxylic acids is 1. The molecule has 1 amide bonds. The van der Waals surface area contributed by atoms with Crippen LogP contribution in [0, 0.1) is 5.41 Å². The van der Waals surface area contributed by atoms with Crippen molar-refractivity contribution in [2.24, 2.45) is 5.41 Å². The first kappa shape index (κ1) is 13.2. The minimum atomic E-state index is -1.17. The second kappa shape index (κ2) is 4.93. The van der Waals surface area contributed by atoms with Crippen LogP contribution >= 0.6 is 0 Å². The molecule has 0 aromatic heterocycles. The number of carbonyl (C=O) groups excluding carboxylic acids is 1. The van der Waals surface area contributed by atoms with Crippen LogP contribution in [0.3, 0.4) is 0 Å². The lowest BCUT2D eigenvalue weighted by Crippen LogP contribution is -2.52. The largest absolute Gasteiger partial charge is 0.480 e. The minimum Gasteiger partial charge on any atom is -0.480 e. The van der Waals surface area contributed by atoms with Gasteiger partial charge in [-0.25, -0.2) is 0 Å². The molecule has 106 valence electrons. The maximum atomic E-state index is 12.4. The van der Waals surface area contributed by atoms with Crippen molar-refractivity contribution in [2.75, 3.05) is 0 Å². The maximum Gasteiger partial charge on any atom is 0.319 e. The van der Waals surface area contributed by atoms with Gasteiger partial charge in [0, 0.05) is 0 Å². The molecule has 2 N–H and O–H groups in total. The number of hydrogen-bond donors (Lipinski definition) is 2. The molecule has 1 saturated carbocycles. The summed E-state index contributed by atoms with van der Waals surface area (Å²) in [6.45, 7) is 0. The summed E-state index contributed by atoms with van der Waals surface area (Å²) in [5.41, 5.74) is 1.24. The van der Waals surface area contributed by atoms with E-state index in [-0.39, 0.29) is 11.9 Å². The fourth-order valence-corrected chi connectivity index (χ4v) is 3.27. The van der Waals surface area contributed by atoms with Crippen LogP contribution in [0.25, 0.3) is 0 Å². The Labute approximate surface area is 118 Å². The van der Waals surface area contributed by atoms with E-state index in [1.54, 1.807) is 0 Å². The summed E-state index contributed by atoms with van der Waals surface area (Å²) in [5, 5.41) is 12.3. The quantitative estimate of drug-likeness (QED) is 0.831. The van der Waals surface area contributed by atoms with Gasteiger partial charge >= 0.3 is 5.97 Å². The van der Waals surface area contributed by atoms with Gasteiger partial charge in [-0.2, -0.15) is 0 Å². The minimum absolute atomic E-state index is 0.0377. The molecule has 1 atom stereocenters. The van der Waals surface area contributed by atoms with Gasteiger partial charge in [0.05, 0.1) is 6.04 Å². The molecule has 0 spiro atoms. The standard InChI is InChI=1S/C16H19NO3/c18-14(16(15(19)20)9-4-10-16)17-13-8-3-6-11-5-1-2-7-12(11)13/h1-2,5,7,13H,3-4,6,8-10H2,(H,17,18)(H,19,20). The highest BCUT2D eigenvalue weighted by atomic mass is 16.4. The van der Waals surface area contributed by atoms with Crippen LogP contribution in [0.4, 0.5) is 0 Å². The first-order valence-electron chi connectivity index (χ1n) is 7.26. The van der Waals surface area contributed by atoms with Crippen LogP contribution in [-0.2, 0) is 16.0 Å². The van der Waals surface area contributed by atoms with Crippen molar-refractivity contribution in [1.82, 2.24) is 5.32 Å². The molecule has 1 fully saturated rings. The van der Waals surface area contributed by atoms with E-state index in [1.807, 2.05) is 18.2 Å². The number of hydrogen-bond acceptors (Lipinski definition) is 2. The van der Waals surface area contributed by atoms with Crippen LogP contribution in [0.2, 0.25) is 0 Å². The number of fused-ring (bicyclic) bond motifs is 1. The predicted molar refractivity (Wildman–Crippen MR) is 74.2 cm³/mol. The van der Waals surface area contributed by atoms with E-state index in [0.717, 1.165) is 31.2 Å². The van der Waals surface area contributed by atoms with Gasteiger partial charge in [0.25, 0.3) is 0 Å². The van der Waals surface area contributed by atoms with E-state index in [9.17, 15) is 14.7 Å². The number of aliphatic carboxylic acids is 1. The van der Waals surface area contributed by atoms with Gasteiger partial charge in [-0.1, -0.05) is 30.7 Å². The Balaban J connectivity index is 1.79. The van der Waals surface area contributed by atoms with Crippen molar-refractivity contribution >= 4 is 11.9 Å². The van der Waals surface area contributed by atoms with Crippen molar-refractivity contribution in [3.63, 3.8) is 0 Å². The molecule has 1 aromatic carbocycles. The van der Waals surface area contributed by atoms with Gasteiger partial charge in [-0.15, -0.1) is 0 Å². The van der Waals surface area contributed by atoms with Crippen LogP contribution in [0.15, 0.2) is 24.3 Å². The Kier molecular flexibility index (Phi) is 3.24. The molecule has 4 heteroatoms. The van der Waals surface area contributed by atoms with Gasteiger partial charge in [0.1, 0.15) is 5.41 Å². The SMILES string of the molecule is O=C(O)C1(C(=O)NC2CCCc3ccccc32)CCC1. The number of nitrogens with one attached hydrogen (secondary N) is 1. The fraction of sp³-hybridized carbons (Fsp3) is 0.500. The van der Waals surface area contributed by atoms with E-state index in [1.165, 1.54) is 5.56 Å². The van der Waals surface area contributed by atoms with Gasteiger partial charge in [-0.3, -0.25) is 9.59 Å². The topological polar surface area (TPSA) is 66.4 Å². The molecular formula is C16H19NO3. The number of rotatable bonds is 3. The summed E-state index contributed by atoms with van der Waals surface area (Å²) in [5.74, 6) is -1.29. The molecule has 1 unspecified atom stereocenters. The van der Waals surface area contributed by atoms with Crippen LogP contribution < -0.4 is 5.32 Å². The van der Waals surface area contributed by atoms with E-state index in [2.05, 4.69) is 11.4 Å². The average Bonchev–Trinajstić information content (AvgIpc) is 2.37. The first-order valence-corrected chi connectivity index (χ1v) is 7.26. The molecule has 0 bridgehead atoms. The van der Waals surface area contributed by atoms with E-state index < -0.39 is 11.4 Å². The third kappa shape index (κ3) is 1.99. The molecule has 0 saturated heterocycles. The fourth-order valence-electron chi connectivity index (χ4n) is 3.27. The number of aryl methyl sites for hydroxylation is 1. The van der Waals surface area contributed by atoms with Crippen molar-refractivity contribution in [3.8, 4) is 0 Å². The Bertz CT molecular complexity index is 548. The molecule has 0 heterocycles. The monoisotopic (exact) mass is 273 g/mol. The lowest BCUT2D eigenvalue weighted by Gasteiger charge is -2.38. The summed E-state index contributed by atoms with van der Waals surface area (Å²) < 4.78 is 0. The van der Waals surface area contributed by atoms with Crippen LogP contribution in [0.1, 0.15) is 49.3 Å². The molecular weight excluding hydrogens is 254 g/mol. The van der Waals surface area contributed by atoms with Gasteiger partial charge < -0.3 is 10.4 Å². The third-order valence-electron chi connectivity index (χ3n) is 4.73. The highest BCUT2D eigenvalue weighted by Crippen LogP contribution is 2.42. The zero-order valence-electron chi connectivity index (χ0n) is 11.4. The maximum absolute atomic E-state index is 12.4. The van der Waals surface area contributed by atoms with E-state index >= 15 is 0 Å². The number of carbonyl (C=O) groups is 2. The average molecular weight is 273 g/mol. The van der Waals surface area contributed by atoms with Gasteiger partial charge in [-0.05, 0) is 43.2 Å². The molecule has 2 aliphatic carbocycles. The van der Waals surface area contributed by atoms with E-state index in [4.69, 9.17) is 0 Å². The Hall–Kier alpha value is -1.84. The summed E-state index contributed by atoms with van der Waals surface area (Å²) >= 11 is 0. The molecule has 2 aliphatic rings. The zero-order valence-corrected chi connectivity index (χ0v) is 11.4. The van der Waals surface area contributed by atoms with Crippen molar-refractivity contribution in [3.05, 3.63) is 35.4 Å². The molecule has 0 aliphatic heterocycles. The number of benzene rings is 1. The Morgan fingerprint density at radius 1 is 1.20 bits per heavy atom. The smallest absolute Gasteiger partial charge is 0.319 e. The third-order valence-corrected chi connectivity index (χ3v) is 4.73. The molecule has 4 nitrogen and oxygen atoms in total. The lowest BCUT2D eigenvalue weighted by atomic mass is 9.68. The van der Waals surface area contributed by atoms with Crippen molar-refractivity contribution in [2.45, 2.75) is 44.6 Å². The second-order valence-corrected chi connectivity index (χ2v) is 5.86. The highest BCUT2D eigenvalue weighted by molar-refractivity contribution is 6.03. The summed E-state index contributed by atoms with van der Waals surface area (Å²) in [4.78, 5) is 23.7. The first-order chi connectivity index (χ1) is 9.63. The number of carboxylic acid groups (broad SMARTS) is 1. The predicted octanol–water partition coefficient (Wildman–Crippen LogP) is 2.44. The molecule has 3 rings (SSSR count). The molecule has 1 aromatic rings. The summed E-state index contributed by atoms with van der Waals surface area (Å²) in [6, 6.07) is 8.06. The highest BCUT2D eigenvalue weighted by Gasteiger charge is 2.51. The van der Waals surface area contributed by atoms with Crippen LogP contribution in [0.5, 0.6) is 0 Å². The summed E-state index contributed by atoms with van der Waals surface area (Å²) in [7, 11) is 0. The second-order valence-electron chi connectivity index (χ2n) is 5.86. The normalized spacial score (nSPS) is 23.3. The zero-order chi connectivity index (χ0) is 14.2. The molecule has 20 heavy (non-hydrogen) atoms. The Morgan fingerprint density at radius 3 is 2.60 bits per heavy atom. The Morgan fingerprint density at radius 2 is 1.95 bits per heavy atom. The lowest BCUT2D eigenvalue weighted by molar-refractivity contribution is -0.162. The van der Waals surface area contributed by atoms with Crippen molar-refractivity contribution in [1.29, 1.82) is 0 Å². The summed E-state index contributed by atoms with van der Waals surface area (Å²) in [6.07, 6.45) is 4.69. The van der Waals surface area contributed by atoms with Crippen LogP contribution in [-0.4, -0.2) is 17.0 Å². The number of amides is 1. The van der Waals surface area contributed by atoms with Gasteiger partial charge in [0.2, 0.25) is 5.91 Å². The van der Waals surface area contributed by atoms with E-state index in [0.29, 0.717) is 12.8 Å². The van der Waals surface area contributed by atoms with Gasteiger partial charge in [0.15, 0.2) is 0 Å².